The molecule has 200 valence electrons. The van der Waals surface area contributed by atoms with Crippen molar-refractivity contribution in [2.75, 3.05) is 13.1 Å². The molecule has 3 aromatic rings. The number of benzene rings is 3. The Morgan fingerprint density at radius 2 is 1.46 bits per heavy atom. The minimum Gasteiger partial charge on any atom is -0.465 e. The van der Waals surface area contributed by atoms with Gasteiger partial charge in [0.05, 0.1) is 5.70 Å². The molecular formula is C31H31N3O5. The molecule has 0 aliphatic carbocycles. The molecule has 1 saturated heterocycles. The van der Waals surface area contributed by atoms with Crippen molar-refractivity contribution in [3.8, 4) is 0 Å². The summed E-state index contributed by atoms with van der Waals surface area (Å²) in [7, 11) is 0. The minimum atomic E-state index is -1.18. The normalized spacial score (nSPS) is 16.3. The number of carbonyl (C=O) groups is 3. The van der Waals surface area contributed by atoms with Gasteiger partial charge in [-0.2, -0.15) is 0 Å². The number of nitrogens with zero attached hydrogens (tertiary/aromatic N) is 3. The molecule has 2 heterocycles. The lowest BCUT2D eigenvalue weighted by atomic mass is 9.83. The summed E-state index contributed by atoms with van der Waals surface area (Å²) in [4.78, 5) is 43.0. The molecular weight excluding hydrogens is 494 g/mol. The summed E-state index contributed by atoms with van der Waals surface area (Å²) in [6, 6.07) is 26.1. The van der Waals surface area contributed by atoms with Crippen molar-refractivity contribution in [1.82, 2.24) is 14.7 Å². The van der Waals surface area contributed by atoms with Crippen LogP contribution in [0.3, 0.4) is 0 Å². The van der Waals surface area contributed by atoms with Gasteiger partial charge in [-0.25, -0.2) is 9.59 Å². The van der Waals surface area contributed by atoms with Crippen LogP contribution in [0.4, 0.5) is 9.59 Å². The molecule has 0 saturated carbocycles. The molecule has 39 heavy (non-hydrogen) atoms. The standard InChI is InChI=1S/C31H31N3O5/c1-30(2,3)34(28(36)37)20-22-14-16-23(17-15-22)27(35)32-18-19-33-26(21-32)31(39-29(33)38,24-10-6-4-7-11-24)25-12-8-5-9-13-25/h4-17,21H,18-20H2,1-3H3,(H,36,37). The van der Waals surface area contributed by atoms with Crippen molar-refractivity contribution in [3.05, 3.63) is 119 Å². The van der Waals surface area contributed by atoms with Gasteiger partial charge in [0, 0.05) is 48.1 Å². The van der Waals surface area contributed by atoms with Gasteiger partial charge in [0.25, 0.3) is 5.91 Å². The Morgan fingerprint density at radius 1 is 0.897 bits per heavy atom. The Kier molecular flexibility index (Phi) is 6.64. The highest BCUT2D eigenvalue weighted by atomic mass is 16.6. The van der Waals surface area contributed by atoms with Crippen molar-refractivity contribution in [2.24, 2.45) is 0 Å². The average Bonchev–Trinajstić information content (AvgIpc) is 3.24. The number of carbonyl (C=O) groups excluding carboxylic acids is 2. The Bertz CT molecular complexity index is 1370. The van der Waals surface area contributed by atoms with Crippen molar-refractivity contribution in [3.63, 3.8) is 0 Å². The van der Waals surface area contributed by atoms with E-state index in [2.05, 4.69) is 0 Å². The molecule has 2 aliphatic heterocycles. The maximum atomic E-state index is 13.6. The van der Waals surface area contributed by atoms with Crippen molar-refractivity contribution >= 4 is 18.1 Å². The molecule has 0 radical (unpaired) electrons. The molecule has 0 bridgehead atoms. The highest BCUT2D eigenvalue weighted by molar-refractivity contribution is 5.95. The van der Waals surface area contributed by atoms with Crippen LogP contribution < -0.4 is 0 Å². The van der Waals surface area contributed by atoms with Crippen LogP contribution in [0, 0.1) is 0 Å². The van der Waals surface area contributed by atoms with E-state index in [1.54, 1.807) is 40.3 Å². The van der Waals surface area contributed by atoms with E-state index in [-0.39, 0.29) is 12.5 Å². The Labute approximate surface area is 227 Å². The van der Waals surface area contributed by atoms with Crippen LogP contribution in [0.15, 0.2) is 96.8 Å². The number of rotatable bonds is 5. The second-order valence-corrected chi connectivity index (χ2v) is 10.7. The third-order valence-corrected chi connectivity index (χ3v) is 7.16. The largest absolute Gasteiger partial charge is 0.465 e. The lowest BCUT2D eigenvalue weighted by Gasteiger charge is -2.35. The van der Waals surface area contributed by atoms with E-state index in [0.717, 1.165) is 16.7 Å². The second kappa shape index (κ2) is 9.94. The molecule has 8 heteroatoms. The first-order valence-corrected chi connectivity index (χ1v) is 12.9. The molecule has 2 aliphatic rings. The number of fused-ring (bicyclic) bond motifs is 1. The third kappa shape index (κ3) is 4.74. The number of carboxylic acid groups (broad SMARTS) is 1. The average molecular weight is 526 g/mol. The van der Waals surface area contributed by atoms with Gasteiger partial charge in [0.2, 0.25) is 5.60 Å². The fourth-order valence-electron chi connectivity index (χ4n) is 5.10. The first-order chi connectivity index (χ1) is 18.6. The first-order valence-electron chi connectivity index (χ1n) is 12.9. The second-order valence-electron chi connectivity index (χ2n) is 10.7. The van der Waals surface area contributed by atoms with Gasteiger partial charge in [-0.1, -0.05) is 72.8 Å². The van der Waals surface area contributed by atoms with E-state index in [9.17, 15) is 19.5 Å². The van der Waals surface area contributed by atoms with E-state index < -0.39 is 23.3 Å². The van der Waals surface area contributed by atoms with E-state index in [0.29, 0.717) is 24.4 Å². The van der Waals surface area contributed by atoms with Crippen LogP contribution in [0.5, 0.6) is 0 Å². The number of hydrogen-bond donors (Lipinski definition) is 1. The Morgan fingerprint density at radius 3 is 1.97 bits per heavy atom. The van der Waals surface area contributed by atoms with E-state index in [4.69, 9.17) is 4.74 Å². The van der Waals surface area contributed by atoms with Gasteiger partial charge in [0.15, 0.2) is 0 Å². The molecule has 3 amide bonds. The molecule has 0 unspecified atom stereocenters. The number of cyclic esters (lactones) is 1. The first kappa shape index (κ1) is 26.0. The molecule has 0 aromatic heterocycles. The monoisotopic (exact) mass is 525 g/mol. The maximum Gasteiger partial charge on any atom is 0.415 e. The van der Waals surface area contributed by atoms with Crippen LogP contribution in [0.25, 0.3) is 0 Å². The van der Waals surface area contributed by atoms with Gasteiger partial charge < -0.3 is 14.7 Å². The molecule has 1 fully saturated rings. The smallest absolute Gasteiger partial charge is 0.415 e. The number of ether oxygens (including phenoxy) is 1. The van der Waals surface area contributed by atoms with Crippen LogP contribution in [-0.2, 0) is 16.9 Å². The summed E-state index contributed by atoms with van der Waals surface area (Å²) in [5.41, 5.74) is 1.68. The Hall–Kier alpha value is -4.59. The van der Waals surface area contributed by atoms with Crippen molar-refractivity contribution < 1.29 is 24.2 Å². The zero-order valence-electron chi connectivity index (χ0n) is 22.2. The van der Waals surface area contributed by atoms with Crippen molar-refractivity contribution in [1.29, 1.82) is 0 Å². The number of amides is 3. The number of hydrogen-bond acceptors (Lipinski definition) is 4. The highest BCUT2D eigenvalue weighted by Gasteiger charge is 2.54. The summed E-state index contributed by atoms with van der Waals surface area (Å²) in [5, 5.41) is 9.60. The minimum absolute atomic E-state index is 0.214. The Balaban J connectivity index is 1.48. The van der Waals surface area contributed by atoms with Crippen LogP contribution in [-0.4, -0.2) is 56.5 Å². The summed E-state index contributed by atoms with van der Waals surface area (Å²) in [6.07, 6.45) is 0.268. The fourth-order valence-corrected chi connectivity index (χ4v) is 5.10. The van der Waals surface area contributed by atoms with Crippen molar-refractivity contribution in [2.45, 2.75) is 38.5 Å². The molecule has 8 nitrogen and oxygen atoms in total. The molecule has 5 rings (SSSR count). The van der Waals surface area contributed by atoms with Gasteiger partial charge in [-0.3, -0.25) is 14.6 Å². The predicted octanol–water partition coefficient (Wildman–Crippen LogP) is 5.66. The van der Waals surface area contributed by atoms with E-state index >= 15 is 0 Å². The lowest BCUT2D eigenvalue weighted by molar-refractivity contribution is 0.0796. The third-order valence-electron chi connectivity index (χ3n) is 7.16. The summed E-state index contributed by atoms with van der Waals surface area (Å²) in [6.45, 7) is 6.36. The SMILES string of the molecule is CC(C)(C)N(Cc1ccc(C(=O)N2C=C3N(CC2)C(=O)OC3(c2ccccc2)c2ccccc2)cc1)C(=O)O. The van der Waals surface area contributed by atoms with Crippen LogP contribution >= 0.6 is 0 Å². The predicted molar refractivity (Wildman–Crippen MR) is 146 cm³/mol. The maximum absolute atomic E-state index is 13.6. The van der Waals surface area contributed by atoms with E-state index in [1.165, 1.54) is 4.90 Å². The lowest BCUT2D eigenvalue weighted by Crippen LogP contribution is -2.44. The van der Waals surface area contributed by atoms with E-state index in [1.807, 2.05) is 81.4 Å². The topological polar surface area (TPSA) is 90.4 Å². The molecule has 0 atom stereocenters. The summed E-state index contributed by atoms with van der Waals surface area (Å²) < 4.78 is 6.13. The van der Waals surface area contributed by atoms with Crippen LogP contribution in [0.2, 0.25) is 0 Å². The van der Waals surface area contributed by atoms with Gasteiger partial charge in [0.1, 0.15) is 0 Å². The molecule has 3 aromatic carbocycles. The molecule has 0 spiro atoms. The zero-order valence-corrected chi connectivity index (χ0v) is 22.2. The fraction of sp³-hybridized carbons (Fsp3) is 0.258. The van der Waals surface area contributed by atoms with Crippen LogP contribution in [0.1, 0.15) is 47.8 Å². The quantitative estimate of drug-likeness (QED) is 0.464. The van der Waals surface area contributed by atoms with Gasteiger partial charge >= 0.3 is 12.2 Å². The summed E-state index contributed by atoms with van der Waals surface area (Å²) >= 11 is 0. The summed E-state index contributed by atoms with van der Waals surface area (Å²) in [5.74, 6) is -0.214. The van der Waals surface area contributed by atoms with Gasteiger partial charge in [-0.05, 0) is 38.5 Å². The zero-order chi connectivity index (χ0) is 27.8. The van der Waals surface area contributed by atoms with Gasteiger partial charge in [-0.15, -0.1) is 0 Å². The highest BCUT2D eigenvalue weighted by Crippen LogP contribution is 2.48. The molecule has 1 N–H and O–H groups in total.